The van der Waals surface area contributed by atoms with Crippen molar-refractivity contribution in [3.63, 3.8) is 0 Å². The van der Waals surface area contributed by atoms with Gasteiger partial charge in [0, 0.05) is 45.9 Å². The molecular weight excluding hydrogens is 216 g/mol. The first-order valence-corrected chi connectivity index (χ1v) is 6.57. The maximum atomic E-state index is 5.47. The summed E-state index contributed by atoms with van der Waals surface area (Å²) in [6.07, 6.45) is 0.173. The van der Waals surface area contributed by atoms with Crippen LogP contribution in [0.5, 0.6) is 0 Å². The van der Waals surface area contributed by atoms with E-state index < -0.39 is 0 Å². The molecule has 0 bridgehead atoms. The van der Waals surface area contributed by atoms with E-state index in [1.165, 1.54) is 0 Å². The molecule has 0 saturated carbocycles. The van der Waals surface area contributed by atoms with Crippen molar-refractivity contribution in [2.45, 2.75) is 39.0 Å². The maximum Gasteiger partial charge on any atom is 0.0931 e. The molecule has 3 unspecified atom stereocenters. The van der Waals surface area contributed by atoms with Gasteiger partial charge in [0.05, 0.1) is 12.7 Å². The van der Waals surface area contributed by atoms with Crippen LogP contribution in [0.15, 0.2) is 0 Å². The van der Waals surface area contributed by atoms with Crippen molar-refractivity contribution in [3.05, 3.63) is 0 Å². The number of methoxy groups -OCH3 is 2. The molecule has 0 aromatic carbocycles. The van der Waals surface area contributed by atoms with E-state index in [0.29, 0.717) is 24.6 Å². The van der Waals surface area contributed by atoms with E-state index >= 15 is 0 Å². The van der Waals surface area contributed by atoms with Crippen molar-refractivity contribution in [1.29, 1.82) is 0 Å². The number of rotatable bonds is 6. The number of nitrogens with one attached hydrogen (secondary N) is 1. The Morgan fingerprint density at radius 3 is 2.59 bits per heavy atom. The van der Waals surface area contributed by atoms with Crippen molar-refractivity contribution < 1.29 is 9.47 Å². The van der Waals surface area contributed by atoms with Gasteiger partial charge in [-0.3, -0.25) is 4.90 Å². The highest BCUT2D eigenvalue weighted by molar-refractivity contribution is 4.87. The average Bonchev–Trinajstić information content (AvgIpc) is 2.28. The number of nitrogens with zero attached hydrogens (tertiary/aromatic N) is 1. The molecule has 102 valence electrons. The van der Waals surface area contributed by atoms with Crippen LogP contribution in [0.3, 0.4) is 0 Å². The van der Waals surface area contributed by atoms with Crippen LogP contribution < -0.4 is 5.32 Å². The van der Waals surface area contributed by atoms with E-state index in [1.807, 2.05) is 0 Å². The first-order valence-electron chi connectivity index (χ1n) is 6.57. The monoisotopic (exact) mass is 244 g/mol. The summed E-state index contributed by atoms with van der Waals surface area (Å²) in [6.45, 7) is 10.6. The lowest BCUT2D eigenvalue weighted by Gasteiger charge is -2.42. The second-order valence-corrected chi connectivity index (χ2v) is 5.39. The minimum Gasteiger partial charge on any atom is -0.382 e. The molecule has 0 spiro atoms. The van der Waals surface area contributed by atoms with Crippen molar-refractivity contribution in [3.8, 4) is 0 Å². The minimum atomic E-state index is 0.173. The third-order valence-electron chi connectivity index (χ3n) is 3.55. The molecule has 0 aromatic heterocycles. The third-order valence-corrected chi connectivity index (χ3v) is 3.55. The molecule has 1 aliphatic heterocycles. The largest absolute Gasteiger partial charge is 0.382 e. The van der Waals surface area contributed by atoms with Crippen molar-refractivity contribution in [1.82, 2.24) is 10.2 Å². The normalized spacial score (nSPS) is 28.6. The summed E-state index contributed by atoms with van der Waals surface area (Å²) in [5.41, 5.74) is 0. The molecular formula is C13H28N2O2. The summed E-state index contributed by atoms with van der Waals surface area (Å²) in [5.74, 6) is 0.662. The molecule has 3 atom stereocenters. The number of piperazine rings is 1. The van der Waals surface area contributed by atoms with Gasteiger partial charge in [-0.25, -0.2) is 0 Å². The van der Waals surface area contributed by atoms with Gasteiger partial charge in [-0.2, -0.15) is 0 Å². The molecule has 1 heterocycles. The molecule has 1 rings (SSSR count). The first kappa shape index (κ1) is 14.9. The smallest absolute Gasteiger partial charge is 0.0931 e. The fourth-order valence-electron chi connectivity index (χ4n) is 2.51. The van der Waals surface area contributed by atoms with Gasteiger partial charge in [-0.15, -0.1) is 0 Å². The molecule has 1 N–H and O–H groups in total. The van der Waals surface area contributed by atoms with Gasteiger partial charge in [0.1, 0.15) is 0 Å². The quantitative estimate of drug-likeness (QED) is 0.755. The standard InChI is InChI=1S/C13H28N2O2/c1-10(2)13-6-14-11(3)7-15(13)8-12(17-5)9-16-4/h10-14H,6-9H2,1-5H3. The Morgan fingerprint density at radius 2 is 2.06 bits per heavy atom. The van der Waals surface area contributed by atoms with Gasteiger partial charge in [-0.1, -0.05) is 13.8 Å². The van der Waals surface area contributed by atoms with Crippen LogP contribution >= 0.6 is 0 Å². The van der Waals surface area contributed by atoms with Crippen LogP contribution in [0.1, 0.15) is 20.8 Å². The zero-order valence-corrected chi connectivity index (χ0v) is 11.9. The summed E-state index contributed by atoms with van der Waals surface area (Å²) < 4.78 is 10.7. The second-order valence-electron chi connectivity index (χ2n) is 5.39. The Bertz CT molecular complexity index is 212. The third kappa shape index (κ3) is 4.54. The zero-order valence-electron chi connectivity index (χ0n) is 11.9. The van der Waals surface area contributed by atoms with Crippen molar-refractivity contribution >= 4 is 0 Å². The molecule has 0 aromatic rings. The summed E-state index contributed by atoms with van der Waals surface area (Å²) in [7, 11) is 3.49. The lowest BCUT2D eigenvalue weighted by atomic mass is 9.98. The van der Waals surface area contributed by atoms with E-state index in [-0.39, 0.29) is 6.10 Å². The number of hydrogen-bond donors (Lipinski definition) is 1. The Balaban J connectivity index is 2.55. The SMILES string of the molecule is COCC(CN1CC(C)NCC1C(C)C)OC. The predicted octanol–water partition coefficient (Wildman–Crippen LogP) is 0.966. The van der Waals surface area contributed by atoms with Crippen molar-refractivity contribution in [2.24, 2.45) is 5.92 Å². The summed E-state index contributed by atoms with van der Waals surface area (Å²) in [5, 5.41) is 3.55. The predicted molar refractivity (Wildman–Crippen MR) is 70.3 cm³/mol. The summed E-state index contributed by atoms with van der Waals surface area (Å²) >= 11 is 0. The molecule has 0 radical (unpaired) electrons. The van der Waals surface area contributed by atoms with Crippen LogP contribution in [0.2, 0.25) is 0 Å². The second kappa shape index (κ2) is 7.31. The lowest BCUT2D eigenvalue weighted by Crippen LogP contribution is -2.59. The highest BCUT2D eigenvalue weighted by Gasteiger charge is 2.29. The van der Waals surface area contributed by atoms with Gasteiger partial charge < -0.3 is 14.8 Å². The van der Waals surface area contributed by atoms with Crippen LogP contribution in [-0.4, -0.2) is 63.5 Å². The Kier molecular flexibility index (Phi) is 6.41. The highest BCUT2D eigenvalue weighted by atomic mass is 16.5. The summed E-state index contributed by atoms with van der Waals surface area (Å²) in [4.78, 5) is 2.54. The van der Waals surface area contributed by atoms with Crippen LogP contribution in [0.4, 0.5) is 0 Å². The molecule has 0 amide bonds. The highest BCUT2D eigenvalue weighted by Crippen LogP contribution is 2.16. The topological polar surface area (TPSA) is 33.7 Å². The van der Waals surface area contributed by atoms with E-state index in [9.17, 15) is 0 Å². The van der Waals surface area contributed by atoms with E-state index in [4.69, 9.17) is 9.47 Å². The lowest BCUT2D eigenvalue weighted by molar-refractivity contribution is -0.0161. The molecule has 0 aliphatic carbocycles. The van der Waals surface area contributed by atoms with E-state index in [0.717, 1.165) is 19.6 Å². The Labute approximate surface area is 106 Å². The van der Waals surface area contributed by atoms with E-state index in [2.05, 4.69) is 31.0 Å². The summed E-state index contributed by atoms with van der Waals surface area (Å²) in [6, 6.07) is 1.16. The van der Waals surface area contributed by atoms with Crippen molar-refractivity contribution in [2.75, 3.05) is 40.5 Å². The Morgan fingerprint density at radius 1 is 1.35 bits per heavy atom. The van der Waals surface area contributed by atoms with Crippen LogP contribution in [0.25, 0.3) is 0 Å². The molecule has 4 heteroatoms. The van der Waals surface area contributed by atoms with E-state index in [1.54, 1.807) is 14.2 Å². The van der Waals surface area contributed by atoms with Crippen LogP contribution in [0, 0.1) is 5.92 Å². The Hall–Kier alpha value is -0.160. The minimum absolute atomic E-state index is 0.173. The van der Waals surface area contributed by atoms with Gasteiger partial charge in [0.2, 0.25) is 0 Å². The number of hydrogen-bond acceptors (Lipinski definition) is 4. The van der Waals surface area contributed by atoms with Crippen LogP contribution in [-0.2, 0) is 9.47 Å². The molecule has 4 nitrogen and oxygen atoms in total. The van der Waals surface area contributed by atoms with Gasteiger partial charge in [-0.05, 0) is 12.8 Å². The average molecular weight is 244 g/mol. The number of ether oxygens (including phenoxy) is 2. The molecule has 1 aliphatic rings. The van der Waals surface area contributed by atoms with Gasteiger partial charge in [0.15, 0.2) is 0 Å². The fraction of sp³-hybridized carbons (Fsp3) is 1.00. The zero-order chi connectivity index (χ0) is 12.8. The first-order chi connectivity index (χ1) is 8.08. The molecule has 1 fully saturated rings. The molecule has 17 heavy (non-hydrogen) atoms. The van der Waals surface area contributed by atoms with Gasteiger partial charge >= 0.3 is 0 Å². The fourth-order valence-corrected chi connectivity index (χ4v) is 2.51. The van der Waals surface area contributed by atoms with Gasteiger partial charge in [0.25, 0.3) is 0 Å². The molecule has 1 saturated heterocycles. The maximum absolute atomic E-state index is 5.47.